The van der Waals surface area contributed by atoms with Crippen molar-refractivity contribution in [1.82, 2.24) is 0 Å². The van der Waals surface area contributed by atoms with E-state index < -0.39 is 0 Å². The molecule has 0 nitrogen and oxygen atoms in total. The average Bonchev–Trinajstić information content (AvgIpc) is 1.84. The molecule has 0 N–H and O–H groups in total. The van der Waals surface area contributed by atoms with Crippen molar-refractivity contribution in [3.63, 3.8) is 0 Å². The molecule has 0 aromatic carbocycles. The van der Waals surface area contributed by atoms with E-state index in [0.717, 1.165) is 5.54 Å². The van der Waals surface area contributed by atoms with Crippen molar-refractivity contribution in [3.05, 3.63) is 21.1 Å². The molecule has 0 aliphatic carbocycles. The second kappa shape index (κ2) is 4.51. The zero-order valence-corrected chi connectivity index (χ0v) is 6.61. The lowest BCUT2D eigenvalue weighted by Gasteiger charge is -1.86. The van der Waals surface area contributed by atoms with Crippen LogP contribution in [-0.4, -0.2) is 0 Å². The van der Waals surface area contributed by atoms with Gasteiger partial charge in [-0.1, -0.05) is 46.4 Å². The molecule has 0 amide bonds. The summed E-state index contributed by atoms with van der Waals surface area (Å²) in [6, 6.07) is 0. The van der Waals surface area contributed by atoms with Gasteiger partial charge in [-0.05, 0) is 0 Å². The third kappa shape index (κ3) is 2.83. The monoisotopic (exact) mass is 189 g/mol. The van der Waals surface area contributed by atoms with Crippen LogP contribution >= 0.6 is 46.4 Å². The predicted octanol–water partition coefficient (Wildman–Crippen LogP) is 3.43. The van der Waals surface area contributed by atoms with Crippen LogP contribution in [0, 0.1) is 5.54 Å². The standard InChI is InChI=1S/C4HCl4/c5-1-3(7)4(8)2-6/h1H. The Morgan fingerprint density at radius 1 is 1.38 bits per heavy atom. The van der Waals surface area contributed by atoms with Crippen molar-refractivity contribution in [1.29, 1.82) is 0 Å². The van der Waals surface area contributed by atoms with Crippen molar-refractivity contribution < 1.29 is 0 Å². The smallest absolute Gasteiger partial charge is 0.0809 e. The summed E-state index contributed by atoms with van der Waals surface area (Å²) in [7, 11) is 0. The summed E-state index contributed by atoms with van der Waals surface area (Å²) >= 11 is 20.8. The predicted molar refractivity (Wildman–Crippen MR) is 38.3 cm³/mol. The molecule has 0 saturated heterocycles. The first kappa shape index (κ1) is 8.64. The van der Waals surface area contributed by atoms with Gasteiger partial charge >= 0.3 is 0 Å². The number of allylic oxidation sites excluding steroid dienone is 2. The van der Waals surface area contributed by atoms with Gasteiger partial charge in [0.05, 0.1) is 15.6 Å². The number of hydrogen-bond donors (Lipinski definition) is 0. The van der Waals surface area contributed by atoms with Gasteiger partial charge in [-0.15, -0.1) is 0 Å². The number of hydrogen-bond acceptors (Lipinski definition) is 0. The molecule has 0 bridgehead atoms. The van der Waals surface area contributed by atoms with Crippen molar-refractivity contribution in [3.8, 4) is 0 Å². The molecule has 0 aliphatic rings. The van der Waals surface area contributed by atoms with Gasteiger partial charge in [0.25, 0.3) is 0 Å². The second-order valence-electron chi connectivity index (χ2n) is 0.866. The highest BCUT2D eigenvalue weighted by Gasteiger charge is 1.94. The van der Waals surface area contributed by atoms with Crippen LogP contribution in [0.5, 0.6) is 0 Å². The fourth-order valence-electron chi connectivity index (χ4n) is 0.0930. The quantitative estimate of drug-likeness (QED) is 0.556. The first-order chi connectivity index (χ1) is 3.72. The average molecular weight is 191 g/mol. The molecule has 4 heteroatoms. The van der Waals surface area contributed by atoms with Crippen LogP contribution in [0.3, 0.4) is 0 Å². The Balaban J connectivity index is 4.04. The Morgan fingerprint density at radius 2 is 1.88 bits per heavy atom. The maximum absolute atomic E-state index is 5.33. The van der Waals surface area contributed by atoms with Gasteiger partial charge in [0.1, 0.15) is 0 Å². The first-order valence-corrected chi connectivity index (χ1v) is 3.14. The van der Waals surface area contributed by atoms with Gasteiger partial charge in [-0.2, -0.15) is 0 Å². The van der Waals surface area contributed by atoms with Gasteiger partial charge in [0.15, 0.2) is 0 Å². The highest BCUT2D eigenvalue weighted by atomic mass is 35.5. The second-order valence-corrected chi connectivity index (χ2v) is 2.06. The maximum Gasteiger partial charge on any atom is 0.0809 e. The minimum absolute atomic E-state index is 0.114. The SMILES string of the molecule is Cl[C]=C(Cl)C(Cl)=CCl. The molecule has 0 aromatic rings. The topological polar surface area (TPSA) is 0 Å². The van der Waals surface area contributed by atoms with Crippen LogP contribution in [0.25, 0.3) is 0 Å². The van der Waals surface area contributed by atoms with Gasteiger partial charge in [-0.3, -0.25) is 0 Å². The van der Waals surface area contributed by atoms with Gasteiger partial charge < -0.3 is 0 Å². The van der Waals surface area contributed by atoms with Crippen molar-refractivity contribution >= 4 is 46.4 Å². The first-order valence-electron chi connectivity index (χ1n) is 1.57. The fourth-order valence-corrected chi connectivity index (χ4v) is 0.510. The molecule has 0 saturated carbocycles. The lowest BCUT2D eigenvalue weighted by atomic mass is 10.6. The van der Waals surface area contributed by atoms with Crippen LogP contribution in [-0.2, 0) is 0 Å². The van der Waals surface area contributed by atoms with Crippen LogP contribution < -0.4 is 0 Å². The van der Waals surface area contributed by atoms with E-state index in [2.05, 4.69) is 5.54 Å². The zero-order chi connectivity index (χ0) is 6.57. The summed E-state index contributed by atoms with van der Waals surface area (Å²) in [4.78, 5) is 0. The number of rotatable bonds is 1. The Morgan fingerprint density at radius 3 is 2.00 bits per heavy atom. The third-order valence-corrected chi connectivity index (χ3v) is 1.70. The van der Waals surface area contributed by atoms with Crippen molar-refractivity contribution in [2.45, 2.75) is 0 Å². The molecular weight excluding hydrogens is 190 g/mol. The molecular formula is C4HCl4. The van der Waals surface area contributed by atoms with Crippen LogP contribution in [0.2, 0.25) is 0 Å². The van der Waals surface area contributed by atoms with Crippen LogP contribution in [0.1, 0.15) is 0 Å². The molecule has 0 rings (SSSR count). The summed E-state index contributed by atoms with van der Waals surface area (Å²) in [6.07, 6.45) is 0. The Labute approximate surface area is 67.7 Å². The zero-order valence-electron chi connectivity index (χ0n) is 3.59. The van der Waals surface area contributed by atoms with Crippen molar-refractivity contribution in [2.24, 2.45) is 0 Å². The minimum Gasteiger partial charge on any atom is -0.0913 e. The van der Waals surface area contributed by atoms with E-state index in [1.54, 1.807) is 0 Å². The molecule has 1 radical (unpaired) electrons. The van der Waals surface area contributed by atoms with E-state index in [0.29, 0.717) is 0 Å². The van der Waals surface area contributed by atoms with Gasteiger partial charge in [0.2, 0.25) is 0 Å². The summed E-state index contributed by atoms with van der Waals surface area (Å²) in [6.45, 7) is 0. The van der Waals surface area contributed by atoms with Gasteiger partial charge in [-0.25, -0.2) is 0 Å². The number of halogens is 4. The third-order valence-electron chi connectivity index (χ3n) is 0.388. The Bertz CT molecular complexity index is 108. The van der Waals surface area contributed by atoms with Crippen molar-refractivity contribution in [2.75, 3.05) is 0 Å². The maximum atomic E-state index is 5.33. The lowest BCUT2D eigenvalue weighted by Crippen LogP contribution is -1.65. The largest absolute Gasteiger partial charge is 0.0913 e. The normalized spacial score (nSPS) is 14.5. The summed E-state index contributed by atoms with van der Waals surface area (Å²) in [5, 5.41) is 0.298. The highest BCUT2D eigenvalue weighted by Crippen LogP contribution is 2.19. The molecule has 0 fully saturated rings. The van der Waals surface area contributed by atoms with E-state index in [1.807, 2.05) is 0 Å². The molecule has 0 aromatic heterocycles. The van der Waals surface area contributed by atoms with E-state index in [1.165, 1.54) is 0 Å². The summed E-state index contributed by atoms with van der Waals surface area (Å²) in [5.41, 5.74) is 3.20. The molecule has 8 heavy (non-hydrogen) atoms. The van der Waals surface area contributed by atoms with E-state index in [9.17, 15) is 0 Å². The highest BCUT2D eigenvalue weighted by molar-refractivity contribution is 6.48. The fraction of sp³-hybridized carbons (Fsp3) is 0. The molecule has 0 spiro atoms. The van der Waals surface area contributed by atoms with Gasteiger partial charge in [0, 0.05) is 5.54 Å². The Kier molecular flexibility index (Phi) is 4.87. The molecule has 45 valence electrons. The minimum atomic E-state index is 0.114. The lowest BCUT2D eigenvalue weighted by molar-refractivity contribution is 1.86. The van der Waals surface area contributed by atoms with Crippen LogP contribution in [0.4, 0.5) is 0 Å². The summed E-state index contributed by atoms with van der Waals surface area (Å²) in [5.74, 6) is 0. The van der Waals surface area contributed by atoms with E-state index >= 15 is 0 Å². The summed E-state index contributed by atoms with van der Waals surface area (Å²) < 4.78 is 0. The molecule has 0 unspecified atom stereocenters. The van der Waals surface area contributed by atoms with E-state index in [-0.39, 0.29) is 10.1 Å². The molecule has 0 aliphatic heterocycles. The molecule has 0 atom stereocenters. The Hall–Kier alpha value is 0.640. The van der Waals surface area contributed by atoms with Crippen LogP contribution in [0.15, 0.2) is 15.6 Å². The van der Waals surface area contributed by atoms with E-state index in [4.69, 9.17) is 46.4 Å². The molecule has 0 heterocycles.